The zero-order chi connectivity index (χ0) is 19.2. The Labute approximate surface area is 153 Å². The van der Waals surface area contributed by atoms with Gasteiger partial charge < -0.3 is 24.8 Å². The normalized spacial score (nSPS) is 11.6. The number of ether oxygens (including phenoxy) is 3. The average Bonchev–Trinajstić information content (AvgIpc) is 3.14. The number of carbonyl (C=O) groups excluding carboxylic acids is 3. The third-order valence-electron chi connectivity index (χ3n) is 3.54. The molecule has 0 aromatic heterocycles. The van der Waals surface area contributed by atoms with Crippen LogP contribution in [-0.2, 0) is 14.3 Å². The maximum atomic E-state index is 13.4. The van der Waals surface area contributed by atoms with E-state index in [0.29, 0.717) is 11.5 Å². The van der Waals surface area contributed by atoms with E-state index in [-0.39, 0.29) is 18.0 Å². The number of benzene rings is 2. The first-order valence-corrected chi connectivity index (χ1v) is 7.91. The van der Waals surface area contributed by atoms with Gasteiger partial charge in [0.25, 0.3) is 11.8 Å². The highest BCUT2D eigenvalue weighted by Crippen LogP contribution is 2.32. The van der Waals surface area contributed by atoms with Crippen molar-refractivity contribution in [1.82, 2.24) is 5.32 Å². The van der Waals surface area contributed by atoms with Crippen molar-refractivity contribution in [3.63, 3.8) is 0 Å². The van der Waals surface area contributed by atoms with Gasteiger partial charge in [0, 0.05) is 5.56 Å². The molecule has 1 aliphatic rings. The van der Waals surface area contributed by atoms with E-state index < -0.39 is 36.8 Å². The molecule has 0 radical (unpaired) electrons. The molecule has 2 N–H and O–H groups in total. The Balaban J connectivity index is 1.42. The molecule has 2 aromatic rings. The van der Waals surface area contributed by atoms with E-state index in [1.807, 2.05) is 0 Å². The molecule has 1 heterocycles. The van der Waals surface area contributed by atoms with Crippen molar-refractivity contribution in [1.29, 1.82) is 0 Å². The monoisotopic (exact) mass is 374 g/mol. The van der Waals surface area contributed by atoms with Gasteiger partial charge in [0.1, 0.15) is 12.4 Å². The van der Waals surface area contributed by atoms with Crippen molar-refractivity contribution in [2.24, 2.45) is 0 Å². The maximum absolute atomic E-state index is 13.4. The lowest BCUT2D eigenvalue weighted by Crippen LogP contribution is -2.32. The molecule has 2 amide bonds. The van der Waals surface area contributed by atoms with Crippen molar-refractivity contribution in [3.8, 4) is 11.5 Å². The third kappa shape index (κ3) is 4.72. The Morgan fingerprint density at radius 3 is 2.67 bits per heavy atom. The Morgan fingerprint density at radius 1 is 1.07 bits per heavy atom. The second kappa shape index (κ2) is 8.17. The first-order chi connectivity index (χ1) is 13.0. The zero-order valence-corrected chi connectivity index (χ0v) is 14.0. The molecule has 8 nitrogen and oxygen atoms in total. The van der Waals surface area contributed by atoms with Gasteiger partial charge in [-0.2, -0.15) is 0 Å². The van der Waals surface area contributed by atoms with Crippen molar-refractivity contribution < 1.29 is 33.0 Å². The van der Waals surface area contributed by atoms with E-state index >= 15 is 0 Å². The lowest BCUT2D eigenvalue weighted by Gasteiger charge is -2.08. The molecule has 0 aliphatic carbocycles. The van der Waals surface area contributed by atoms with E-state index in [2.05, 4.69) is 10.6 Å². The summed E-state index contributed by atoms with van der Waals surface area (Å²) in [6.45, 7) is -0.949. The van der Waals surface area contributed by atoms with Gasteiger partial charge in [0.05, 0.1) is 5.69 Å². The highest BCUT2D eigenvalue weighted by molar-refractivity contribution is 5.97. The number of esters is 1. The van der Waals surface area contributed by atoms with Crippen molar-refractivity contribution in [2.45, 2.75) is 0 Å². The number of hydrogen-bond donors (Lipinski definition) is 2. The smallest absolute Gasteiger partial charge is 0.325 e. The number of fused-ring (bicyclic) bond motifs is 1. The number of halogens is 1. The molecule has 9 heteroatoms. The van der Waals surface area contributed by atoms with Crippen molar-refractivity contribution >= 4 is 23.5 Å². The van der Waals surface area contributed by atoms with E-state index in [4.69, 9.17) is 14.2 Å². The molecule has 0 saturated heterocycles. The fraction of sp³-hybridized carbons (Fsp3) is 0.167. The van der Waals surface area contributed by atoms with E-state index in [1.165, 1.54) is 30.3 Å². The minimum Gasteiger partial charge on any atom is -0.454 e. The Bertz CT molecular complexity index is 886. The number of carbonyl (C=O) groups is 3. The lowest BCUT2D eigenvalue weighted by molar-refractivity contribution is -0.146. The second-order valence-electron chi connectivity index (χ2n) is 5.44. The van der Waals surface area contributed by atoms with Crippen LogP contribution in [0.3, 0.4) is 0 Å². The predicted molar refractivity (Wildman–Crippen MR) is 90.9 cm³/mol. The number of amides is 2. The number of para-hydroxylation sites is 1. The summed E-state index contributed by atoms with van der Waals surface area (Å²) in [5.74, 6) is -1.65. The topological polar surface area (TPSA) is 103 Å². The lowest BCUT2D eigenvalue weighted by atomic mass is 10.2. The summed E-state index contributed by atoms with van der Waals surface area (Å²) in [6, 6.07) is 10.2. The van der Waals surface area contributed by atoms with E-state index in [0.717, 1.165) is 0 Å². The predicted octanol–water partition coefficient (Wildman–Crippen LogP) is 1.47. The van der Waals surface area contributed by atoms with Crippen LogP contribution in [0.5, 0.6) is 11.5 Å². The van der Waals surface area contributed by atoms with Crippen LogP contribution in [0.4, 0.5) is 10.1 Å². The summed E-state index contributed by atoms with van der Waals surface area (Å²) < 4.78 is 28.5. The van der Waals surface area contributed by atoms with Crippen LogP contribution in [0, 0.1) is 5.82 Å². The van der Waals surface area contributed by atoms with Crippen LogP contribution in [0.2, 0.25) is 0 Å². The molecule has 3 rings (SSSR count). The molecule has 0 saturated carbocycles. The zero-order valence-electron chi connectivity index (χ0n) is 14.0. The second-order valence-corrected chi connectivity index (χ2v) is 5.44. The number of rotatable bonds is 6. The van der Waals surface area contributed by atoms with Crippen LogP contribution in [-0.4, -0.2) is 37.7 Å². The first-order valence-electron chi connectivity index (χ1n) is 7.91. The molecule has 0 bridgehead atoms. The van der Waals surface area contributed by atoms with Gasteiger partial charge in [-0.25, -0.2) is 4.39 Å². The van der Waals surface area contributed by atoms with Gasteiger partial charge in [-0.15, -0.1) is 0 Å². The Morgan fingerprint density at radius 2 is 1.85 bits per heavy atom. The fourth-order valence-corrected chi connectivity index (χ4v) is 2.24. The standard InChI is InChI=1S/C18H15FN2O6/c19-12-3-1-2-4-13(12)21-16(22)9-25-17(23)8-20-18(24)11-5-6-14-15(7-11)27-10-26-14/h1-7H,8-10H2,(H,20,24)(H,21,22). The minimum absolute atomic E-state index is 0.0188. The summed E-state index contributed by atoms with van der Waals surface area (Å²) in [4.78, 5) is 35.4. The fourth-order valence-electron chi connectivity index (χ4n) is 2.24. The van der Waals surface area contributed by atoms with Crippen molar-refractivity contribution in [3.05, 3.63) is 53.8 Å². The third-order valence-corrected chi connectivity index (χ3v) is 3.54. The first kappa shape index (κ1) is 18.2. The summed E-state index contributed by atoms with van der Waals surface area (Å²) >= 11 is 0. The molecule has 2 aromatic carbocycles. The van der Waals surface area contributed by atoms with Gasteiger partial charge in [0.15, 0.2) is 18.1 Å². The van der Waals surface area contributed by atoms with Gasteiger partial charge in [0.2, 0.25) is 6.79 Å². The average molecular weight is 374 g/mol. The number of hydrogen-bond acceptors (Lipinski definition) is 6. The molecule has 0 fully saturated rings. The van der Waals surface area contributed by atoms with E-state index in [9.17, 15) is 18.8 Å². The molecule has 1 aliphatic heterocycles. The summed E-state index contributed by atoms with van der Waals surface area (Å²) in [5, 5.41) is 4.65. The van der Waals surface area contributed by atoms with Crippen LogP contribution in [0.15, 0.2) is 42.5 Å². The summed E-state index contributed by atoms with van der Waals surface area (Å²) in [6.07, 6.45) is 0. The highest BCUT2D eigenvalue weighted by atomic mass is 19.1. The minimum atomic E-state index is -0.812. The van der Waals surface area contributed by atoms with Crippen LogP contribution >= 0.6 is 0 Å². The van der Waals surface area contributed by atoms with Gasteiger partial charge in [-0.3, -0.25) is 14.4 Å². The summed E-state index contributed by atoms with van der Waals surface area (Å²) in [5.41, 5.74) is 0.263. The molecule has 0 atom stereocenters. The largest absolute Gasteiger partial charge is 0.454 e. The number of anilines is 1. The SMILES string of the molecule is O=C(COC(=O)CNC(=O)c1ccc2c(c1)OCO2)Nc1ccccc1F. The number of nitrogens with one attached hydrogen (secondary N) is 2. The Hall–Kier alpha value is -3.62. The van der Waals surface area contributed by atoms with Crippen LogP contribution in [0.1, 0.15) is 10.4 Å². The van der Waals surface area contributed by atoms with Gasteiger partial charge in [-0.1, -0.05) is 12.1 Å². The molecule has 0 unspecified atom stereocenters. The quantitative estimate of drug-likeness (QED) is 0.743. The van der Waals surface area contributed by atoms with Gasteiger partial charge >= 0.3 is 5.97 Å². The molecular weight excluding hydrogens is 359 g/mol. The summed E-state index contributed by atoms with van der Waals surface area (Å²) in [7, 11) is 0. The van der Waals surface area contributed by atoms with E-state index in [1.54, 1.807) is 12.1 Å². The molecule has 27 heavy (non-hydrogen) atoms. The highest BCUT2D eigenvalue weighted by Gasteiger charge is 2.17. The molecule has 0 spiro atoms. The molecule has 140 valence electrons. The Kier molecular flexibility index (Phi) is 5.50. The van der Waals surface area contributed by atoms with Crippen molar-refractivity contribution in [2.75, 3.05) is 25.3 Å². The molecular formula is C18H15FN2O6. The van der Waals surface area contributed by atoms with Crippen LogP contribution < -0.4 is 20.1 Å². The van der Waals surface area contributed by atoms with Crippen LogP contribution in [0.25, 0.3) is 0 Å². The van der Waals surface area contributed by atoms with Gasteiger partial charge in [-0.05, 0) is 30.3 Å². The maximum Gasteiger partial charge on any atom is 0.325 e.